The Bertz CT molecular complexity index is 331. The Kier molecular flexibility index (Phi) is 3.73. The average Bonchev–Trinajstić information content (AvgIpc) is 2.44. The van der Waals surface area contributed by atoms with Gasteiger partial charge in [-0.1, -0.05) is 26.0 Å². The largest absolute Gasteiger partial charge is 0.369 e. The van der Waals surface area contributed by atoms with Gasteiger partial charge < -0.3 is 4.74 Å². The lowest BCUT2D eigenvalue weighted by Gasteiger charge is -2.18. The molecule has 0 fully saturated rings. The minimum absolute atomic E-state index is 0.131. The number of hydrogen-bond donors (Lipinski definition) is 0. The molecule has 1 aromatic rings. The quantitative estimate of drug-likeness (QED) is 0.794. The third kappa shape index (κ3) is 5.26. The highest BCUT2D eigenvalue weighted by atomic mass is 16.5. The van der Waals surface area contributed by atoms with E-state index in [2.05, 4.69) is 31.1 Å². The molecule has 0 saturated carbocycles. The van der Waals surface area contributed by atoms with Crippen molar-refractivity contribution >= 4 is 0 Å². The van der Waals surface area contributed by atoms with Crippen LogP contribution in [0, 0.1) is 5.41 Å². The van der Waals surface area contributed by atoms with Crippen molar-refractivity contribution in [2.24, 2.45) is 5.41 Å². The zero-order valence-electron chi connectivity index (χ0n) is 11.2. The lowest BCUT2D eigenvalue weighted by Crippen LogP contribution is -2.18. The molecule has 4 nitrogen and oxygen atoms in total. The topological polar surface area (TPSA) is 39.9 Å². The first kappa shape index (κ1) is 13.2. The van der Waals surface area contributed by atoms with Crippen molar-refractivity contribution in [3.05, 3.63) is 11.9 Å². The standard InChI is InChI=1S/C12H23N3O/c1-11(2,3)9-15-7-10(13-14-15)8-16-12(4,5)6/h7H,8-9H2,1-6H3. The van der Waals surface area contributed by atoms with Crippen LogP contribution in [0.25, 0.3) is 0 Å². The van der Waals surface area contributed by atoms with Gasteiger partial charge in [-0.25, -0.2) is 0 Å². The monoisotopic (exact) mass is 225 g/mol. The molecule has 92 valence electrons. The first-order valence-corrected chi connectivity index (χ1v) is 5.69. The van der Waals surface area contributed by atoms with Gasteiger partial charge in [0.25, 0.3) is 0 Å². The molecule has 0 spiro atoms. The van der Waals surface area contributed by atoms with E-state index < -0.39 is 0 Å². The number of aromatic nitrogens is 3. The van der Waals surface area contributed by atoms with E-state index in [0.717, 1.165) is 12.2 Å². The van der Waals surface area contributed by atoms with Crippen molar-refractivity contribution in [2.75, 3.05) is 0 Å². The predicted octanol–water partition coefficient (Wildman–Crippen LogP) is 2.64. The molecule has 1 aromatic heterocycles. The first-order valence-electron chi connectivity index (χ1n) is 5.69. The summed E-state index contributed by atoms with van der Waals surface area (Å²) in [6.07, 6.45) is 1.96. The Morgan fingerprint density at radius 3 is 2.31 bits per heavy atom. The van der Waals surface area contributed by atoms with Crippen molar-refractivity contribution in [1.82, 2.24) is 15.0 Å². The van der Waals surface area contributed by atoms with Gasteiger partial charge in [-0.2, -0.15) is 0 Å². The second-order valence-corrected chi connectivity index (χ2v) is 6.37. The van der Waals surface area contributed by atoms with Crippen LogP contribution in [0.4, 0.5) is 0 Å². The molecule has 1 heterocycles. The van der Waals surface area contributed by atoms with E-state index in [1.54, 1.807) is 0 Å². The van der Waals surface area contributed by atoms with Crippen molar-refractivity contribution in [1.29, 1.82) is 0 Å². The van der Waals surface area contributed by atoms with E-state index in [4.69, 9.17) is 4.74 Å². The van der Waals surface area contributed by atoms with Crippen LogP contribution in [0.5, 0.6) is 0 Å². The van der Waals surface area contributed by atoms with E-state index in [0.29, 0.717) is 6.61 Å². The molecule has 0 aliphatic rings. The summed E-state index contributed by atoms with van der Waals surface area (Å²) in [7, 11) is 0. The molecule has 0 radical (unpaired) electrons. The Labute approximate surface area is 98.0 Å². The Hall–Kier alpha value is -0.900. The van der Waals surface area contributed by atoms with E-state index in [1.165, 1.54) is 0 Å². The molecule has 0 unspecified atom stereocenters. The average molecular weight is 225 g/mol. The number of nitrogens with zero attached hydrogens (tertiary/aromatic N) is 3. The molecule has 0 saturated heterocycles. The molecular weight excluding hydrogens is 202 g/mol. The van der Waals surface area contributed by atoms with Crippen LogP contribution >= 0.6 is 0 Å². The highest BCUT2D eigenvalue weighted by molar-refractivity contribution is 4.90. The van der Waals surface area contributed by atoms with E-state index >= 15 is 0 Å². The molecule has 0 aromatic carbocycles. The lowest BCUT2D eigenvalue weighted by atomic mass is 9.97. The summed E-state index contributed by atoms with van der Waals surface area (Å²) in [4.78, 5) is 0. The van der Waals surface area contributed by atoms with Crippen LogP contribution in [0.3, 0.4) is 0 Å². The number of rotatable bonds is 3. The first-order chi connectivity index (χ1) is 7.16. The summed E-state index contributed by atoms with van der Waals surface area (Å²) in [6.45, 7) is 14.0. The number of ether oxygens (including phenoxy) is 1. The maximum Gasteiger partial charge on any atom is 0.108 e. The third-order valence-corrected chi connectivity index (χ3v) is 1.88. The zero-order chi connectivity index (χ0) is 12.4. The smallest absolute Gasteiger partial charge is 0.108 e. The molecule has 0 aliphatic heterocycles. The summed E-state index contributed by atoms with van der Waals surface area (Å²) in [5.74, 6) is 0. The van der Waals surface area contributed by atoms with Crippen LogP contribution in [-0.2, 0) is 17.9 Å². The lowest BCUT2D eigenvalue weighted by molar-refractivity contribution is -0.0165. The Balaban J connectivity index is 2.52. The summed E-state index contributed by atoms with van der Waals surface area (Å²) in [5, 5.41) is 8.18. The molecule has 4 heteroatoms. The highest BCUT2D eigenvalue weighted by Crippen LogP contribution is 2.16. The van der Waals surface area contributed by atoms with Gasteiger partial charge in [0.05, 0.1) is 18.4 Å². The van der Waals surface area contributed by atoms with E-state index in [9.17, 15) is 0 Å². The fraction of sp³-hybridized carbons (Fsp3) is 0.833. The molecule has 0 aliphatic carbocycles. The van der Waals surface area contributed by atoms with Gasteiger partial charge in [-0.05, 0) is 26.2 Å². The van der Waals surface area contributed by atoms with Crippen molar-refractivity contribution in [2.45, 2.75) is 60.3 Å². The highest BCUT2D eigenvalue weighted by Gasteiger charge is 2.14. The molecule has 0 atom stereocenters. The maximum atomic E-state index is 5.64. The Morgan fingerprint density at radius 2 is 1.81 bits per heavy atom. The van der Waals surface area contributed by atoms with Gasteiger partial charge in [-0.3, -0.25) is 4.68 Å². The second-order valence-electron chi connectivity index (χ2n) is 6.37. The normalized spacial score (nSPS) is 13.1. The summed E-state index contributed by atoms with van der Waals surface area (Å²) in [6, 6.07) is 0. The zero-order valence-corrected chi connectivity index (χ0v) is 11.2. The molecular formula is C12H23N3O. The van der Waals surface area contributed by atoms with Crippen LogP contribution in [-0.4, -0.2) is 20.6 Å². The van der Waals surface area contributed by atoms with Crippen LogP contribution < -0.4 is 0 Å². The molecule has 1 rings (SSSR count). The summed E-state index contributed by atoms with van der Waals surface area (Å²) in [5.41, 5.74) is 0.975. The van der Waals surface area contributed by atoms with Crippen LogP contribution in [0.2, 0.25) is 0 Å². The SMILES string of the molecule is CC(C)(C)Cn1cc(COC(C)(C)C)nn1. The predicted molar refractivity (Wildman–Crippen MR) is 64.0 cm³/mol. The third-order valence-electron chi connectivity index (χ3n) is 1.88. The molecule has 16 heavy (non-hydrogen) atoms. The molecule has 0 N–H and O–H groups in total. The van der Waals surface area contributed by atoms with E-state index in [-0.39, 0.29) is 11.0 Å². The number of hydrogen-bond acceptors (Lipinski definition) is 3. The minimum Gasteiger partial charge on any atom is -0.369 e. The summed E-state index contributed by atoms with van der Waals surface area (Å²) >= 11 is 0. The van der Waals surface area contributed by atoms with Gasteiger partial charge in [0, 0.05) is 6.54 Å². The summed E-state index contributed by atoms with van der Waals surface area (Å²) < 4.78 is 7.52. The van der Waals surface area contributed by atoms with Gasteiger partial charge in [0.15, 0.2) is 0 Å². The molecule has 0 bridgehead atoms. The van der Waals surface area contributed by atoms with Gasteiger partial charge in [0.2, 0.25) is 0 Å². The van der Waals surface area contributed by atoms with Gasteiger partial charge in [-0.15, -0.1) is 5.10 Å². The van der Waals surface area contributed by atoms with E-state index in [1.807, 2.05) is 31.6 Å². The van der Waals surface area contributed by atoms with Gasteiger partial charge in [0.1, 0.15) is 5.69 Å². The fourth-order valence-electron chi connectivity index (χ4n) is 1.26. The second kappa shape index (κ2) is 4.53. The van der Waals surface area contributed by atoms with Crippen molar-refractivity contribution < 1.29 is 4.74 Å². The molecule has 0 amide bonds. The van der Waals surface area contributed by atoms with Crippen molar-refractivity contribution in [3.63, 3.8) is 0 Å². The van der Waals surface area contributed by atoms with Crippen LogP contribution in [0.1, 0.15) is 47.2 Å². The van der Waals surface area contributed by atoms with Crippen LogP contribution in [0.15, 0.2) is 6.20 Å². The Morgan fingerprint density at radius 1 is 1.19 bits per heavy atom. The maximum absolute atomic E-state index is 5.64. The van der Waals surface area contributed by atoms with Crippen molar-refractivity contribution in [3.8, 4) is 0 Å². The fourth-order valence-corrected chi connectivity index (χ4v) is 1.26. The van der Waals surface area contributed by atoms with Gasteiger partial charge >= 0.3 is 0 Å². The minimum atomic E-state index is -0.131.